The Morgan fingerprint density at radius 3 is 2.65 bits per heavy atom. The second kappa shape index (κ2) is 6.62. The summed E-state index contributed by atoms with van der Waals surface area (Å²) < 4.78 is 31.2. The third kappa shape index (κ3) is 3.64. The van der Waals surface area contributed by atoms with Crippen molar-refractivity contribution in [2.45, 2.75) is 0 Å². The maximum absolute atomic E-state index is 13.1. The molecule has 1 aromatic carbocycles. The Labute approximate surface area is 115 Å². The molecule has 3 N–H and O–H groups in total. The van der Waals surface area contributed by atoms with E-state index in [4.69, 9.17) is 10.5 Å². The lowest BCUT2D eigenvalue weighted by molar-refractivity contribution is 0.0383. The predicted octanol–water partition coefficient (Wildman–Crippen LogP) is 0.609. The average molecular weight is 285 g/mol. The van der Waals surface area contributed by atoms with E-state index in [1.807, 2.05) is 0 Å². The summed E-state index contributed by atoms with van der Waals surface area (Å²) in [4.78, 5) is 14.0. The van der Waals surface area contributed by atoms with Crippen molar-refractivity contribution in [3.8, 4) is 0 Å². The minimum atomic E-state index is -1.09. The highest BCUT2D eigenvalue weighted by molar-refractivity contribution is 5.99. The summed E-state index contributed by atoms with van der Waals surface area (Å²) in [5.74, 6) is -2.65. The Bertz CT molecular complexity index is 491. The second-order valence-corrected chi connectivity index (χ2v) is 4.56. The number of rotatable bonds is 4. The number of anilines is 1. The van der Waals surface area contributed by atoms with Crippen LogP contribution in [0.5, 0.6) is 0 Å². The molecular weight excluding hydrogens is 268 g/mol. The van der Waals surface area contributed by atoms with E-state index in [1.165, 1.54) is 0 Å². The fourth-order valence-electron chi connectivity index (χ4n) is 2.01. The number of amides is 1. The monoisotopic (exact) mass is 285 g/mol. The molecule has 2 rings (SSSR count). The van der Waals surface area contributed by atoms with Gasteiger partial charge in [-0.15, -0.1) is 0 Å². The van der Waals surface area contributed by atoms with E-state index in [9.17, 15) is 13.6 Å². The van der Waals surface area contributed by atoms with Crippen molar-refractivity contribution in [3.63, 3.8) is 0 Å². The SMILES string of the molecule is Nc1cc(F)c(F)cc1C(=O)NCCN1CCOCC1. The number of benzene rings is 1. The zero-order chi connectivity index (χ0) is 14.5. The molecule has 0 aromatic heterocycles. The zero-order valence-electron chi connectivity index (χ0n) is 11.0. The molecule has 1 aliphatic rings. The first-order valence-electron chi connectivity index (χ1n) is 6.41. The van der Waals surface area contributed by atoms with Crippen LogP contribution in [0.15, 0.2) is 12.1 Å². The first-order chi connectivity index (χ1) is 9.58. The number of morpholine rings is 1. The standard InChI is InChI=1S/C13H17F2N3O2/c14-10-7-9(12(16)8-11(10)15)13(19)17-1-2-18-3-5-20-6-4-18/h7-8H,1-6,16H2,(H,17,19). The van der Waals surface area contributed by atoms with Gasteiger partial charge in [0, 0.05) is 37.9 Å². The highest BCUT2D eigenvalue weighted by atomic mass is 19.2. The normalized spacial score (nSPS) is 16.1. The quantitative estimate of drug-likeness (QED) is 0.795. The van der Waals surface area contributed by atoms with Gasteiger partial charge in [0.05, 0.1) is 18.8 Å². The van der Waals surface area contributed by atoms with Crippen LogP contribution in [-0.4, -0.2) is 50.2 Å². The van der Waals surface area contributed by atoms with Gasteiger partial charge in [0.2, 0.25) is 0 Å². The largest absolute Gasteiger partial charge is 0.398 e. The van der Waals surface area contributed by atoms with Gasteiger partial charge < -0.3 is 15.8 Å². The first-order valence-corrected chi connectivity index (χ1v) is 6.41. The van der Waals surface area contributed by atoms with Crippen LogP contribution in [-0.2, 0) is 4.74 Å². The topological polar surface area (TPSA) is 67.6 Å². The van der Waals surface area contributed by atoms with E-state index in [0.29, 0.717) is 26.3 Å². The van der Waals surface area contributed by atoms with Crippen molar-refractivity contribution in [2.75, 3.05) is 45.1 Å². The third-order valence-electron chi connectivity index (χ3n) is 3.15. The summed E-state index contributed by atoms with van der Waals surface area (Å²) in [6, 6.07) is 1.63. The van der Waals surface area contributed by atoms with Gasteiger partial charge in [-0.3, -0.25) is 9.69 Å². The number of nitrogens with two attached hydrogens (primary N) is 1. The van der Waals surface area contributed by atoms with Gasteiger partial charge in [-0.1, -0.05) is 0 Å². The number of nitrogens with one attached hydrogen (secondary N) is 1. The molecule has 1 fully saturated rings. The first kappa shape index (κ1) is 14.7. The average Bonchev–Trinajstić information content (AvgIpc) is 2.44. The number of hydrogen-bond acceptors (Lipinski definition) is 4. The van der Waals surface area contributed by atoms with Crippen LogP contribution in [0.2, 0.25) is 0 Å². The molecule has 0 atom stereocenters. The van der Waals surface area contributed by atoms with Crippen molar-refractivity contribution >= 4 is 11.6 Å². The predicted molar refractivity (Wildman–Crippen MR) is 70.4 cm³/mol. The summed E-state index contributed by atoms with van der Waals surface area (Å²) in [5.41, 5.74) is 5.39. The lowest BCUT2D eigenvalue weighted by atomic mass is 10.1. The molecule has 5 nitrogen and oxygen atoms in total. The van der Waals surface area contributed by atoms with Crippen LogP contribution in [0.25, 0.3) is 0 Å². The van der Waals surface area contributed by atoms with E-state index < -0.39 is 17.5 Å². The maximum atomic E-state index is 13.1. The Morgan fingerprint density at radius 1 is 1.30 bits per heavy atom. The molecule has 0 spiro atoms. The van der Waals surface area contributed by atoms with Crippen LogP contribution >= 0.6 is 0 Å². The molecule has 0 saturated carbocycles. The van der Waals surface area contributed by atoms with Crippen LogP contribution in [0.1, 0.15) is 10.4 Å². The lowest BCUT2D eigenvalue weighted by Gasteiger charge is -2.26. The molecule has 7 heteroatoms. The summed E-state index contributed by atoms with van der Waals surface area (Å²) in [6.45, 7) is 4.11. The minimum Gasteiger partial charge on any atom is -0.398 e. The zero-order valence-corrected chi connectivity index (χ0v) is 11.0. The number of carbonyl (C=O) groups is 1. The van der Waals surface area contributed by atoms with Gasteiger partial charge in [-0.25, -0.2) is 8.78 Å². The molecule has 1 saturated heterocycles. The summed E-state index contributed by atoms with van der Waals surface area (Å²) >= 11 is 0. The van der Waals surface area contributed by atoms with Crippen LogP contribution in [0.3, 0.4) is 0 Å². The van der Waals surface area contributed by atoms with Crippen LogP contribution in [0, 0.1) is 11.6 Å². The van der Waals surface area contributed by atoms with Crippen molar-refractivity contribution in [3.05, 3.63) is 29.3 Å². The van der Waals surface area contributed by atoms with Gasteiger partial charge in [-0.05, 0) is 6.07 Å². The molecule has 0 radical (unpaired) electrons. The van der Waals surface area contributed by atoms with Crippen molar-refractivity contribution in [1.82, 2.24) is 10.2 Å². The van der Waals surface area contributed by atoms with Gasteiger partial charge in [0.15, 0.2) is 11.6 Å². The molecule has 1 aliphatic heterocycles. The molecule has 20 heavy (non-hydrogen) atoms. The highest BCUT2D eigenvalue weighted by Gasteiger charge is 2.15. The van der Waals surface area contributed by atoms with Crippen molar-refractivity contribution < 1.29 is 18.3 Å². The van der Waals surface area contributed by atoms with E-state index in [-0.39, 0.29) is 11.3 Å². The second-order valence-electron chi connectivity index (χ2n) is 4.56. The number of ether oxygens (including phenoxy) is 1. The Balaban J connectivity index is 1.87. The molecule has 1 amide bonds. The number of halogens is 2. The van der Waals surface area contributed by atoms with E-state index in [0.717, 1.165) is 25.2 Å². The van der Waals surface area contributed by atoms with Gasteiger partial charge >= 0.3 is 0 Å². The maximum Gasteiger partial charge on any atom is 0.253 e. The lowest BCUT2D eigenvalue weighted by Crippen LogP contribution is -2.41. The van der Waals surface area contributed by atoms with Gasteiger partial charge in [0.1, 0.15) is 0 Å². The van der Waals surface area contributed by atoms with E-state index in [1.54, 1.807) is 0 Å². The van der Waals surface area contributed by atoms with Crippen LogP contribution in [0.4, 0.5) is 14.5 Å². The molecular formula is C13H17F2N3O2. The minimum absolute atomic E-state index is 0.0501. The smallest absolute Gasteiger partial charge is 0.253 e. The molecule has 110 valence electrons. The fourth-order valence-corrected chi connectivity index (χ4v) is 2.01. The van der Waals surface area contributed by atoms with Crippen molar-refractivity contribution in [1.29, 1.82) is 0 Å². The Morgan fingerprint density at radius 2 is 1.95 bits per heavy atom. The summed E-state index contributed by atoms with van der Waals surface area (Å²) in [5, 5.41) is 2.64. The fraction of sp³-hybridized carbons (Fsp3) is 0.462. The van der Waals surface area contributed by atoms with Gasteiger partial charge in [-0.2, -0.15) is 0 Å². The summed E-state index contributed by atoms with van der Waals surface area (Å²) in [7, 11) is 0. The van der Waals surface area contributed by atoms with E-state index >= 15 is 0 Å². The summed E-state index contributed by atoms with van der Waals surface area (Å²) in [6.07, 6.45) is 0. The third-order valence-corrected chi connectivity index (χ3v) is 3.15. The Kier molecular flexibility index (Phi) is 4.86. The van der Waals surface area contributed by atoms with Crippen molar-refractivity contribution in [2.24, 2.45) is 0 Å². The van der Waals surface area contributed by atoms with Crippen LogP contribution < -0.4 is 11.1 Å². The highest BCUT2D eigenvalue weighted by Crippen LogP contribution is 2.16. The Hall–Kier alpha value is -1.73. The number of nitrogens with zero attached hydrogens (tertiary/aromatic N) is 1. The van der Waals surface area contributed by atoms with Gasteiger partial charge in [0.25, 0.3) is 5.91 Å². The molecule has 0 unspecified atom stereocenters. The number of hydrogen-bond donors (Lipinski definition) is 2. The molecule has 1 heterocycles. The number of nitrogen functional groups attached to an aromatic ring is 1. The molecule has 0 aliphatic carbocycles. The van der Waals surface area contributed by atoms with E-state index in [2.05, 4.69) is 10.2 Å². The number of carbonyl (C=O) groups excluding carboxylic acids is 1. The molecule has 0 bridgehead atoms. The molecule has 1 aromatic rings.